The van der Waals surface area contributed by atoms with Crippen LogP contribution in [0.1, 0.15) is 107 Å². The maximum atomic E-state index is 13.9. The third kappa shape index (κ3) is 12.8. The van der Waals surface area contributed by atoms with Gasteiger partial charge < -0.3 is 14.4 Å². The lowest BCUT2D eigenvalue weighted by molar-refractivity contribution is 0.0696. The lowest BCUT2D eigenvalue weighted by Crippen LogP contribution is -2.24. The van der Waals surface area contributed by atoms with E-state index >= 15 is 0 Å². The third-order valence-corrected chi connectivity index (χ3v) is 14.4. The van der Waals surface area contributed by atoms with Crippen LogP contribution in [0.5, 0.6) is 5.75 Å². The van der Waals surface area contributed by atoms with Crippen molar-refractivity contribution in [2.45, 2.75) is 116 Å². The van der Waals surface area contributed by atoms with Crippen molar-refractivity contribution in [3.05, 3.63) is 108 Å². The number of carboxylic acid groups (broad SMARTS) is 1. The number of carboxylic acids is 1. The molecular formula is C45H55N3O10S3. The van der Waals surface area contributed by atoms with Crippen molar-refractivity contribution in [3.63, 3.8) is 0 Å². The number of nitrogens with zero attached hydrogens (tertiary/aromatic N) is 2. The Morgan fingerprint density at radius 1 is 0.672 bits per heavy atom. The molecule has 1 aromatic heterocycles. The molecule has 0 spiro atoms. The van der Waals surface area contributed by atoms with Crippen LogP contribution in [0.4, 0.5) is 0 Å². The number of nitrogens with one attached hydrogen (secondary N) is 1. The molecule has 0 aliphatic heterocycles. The molecule has 0 aliphatic rings. The Hall–Kier alpha value is -5.03. The summed E-state index contributed by atoms with van der Waals surface area (Å²) in [6.45, 7) is 2.43. The van der Waals surface area contributed by atoms with Gasteiger partial charge in [0, 0.05) is 12.4 Å². The van der Waals surface area contributed by atoms with E-state index in [9.17, 15) is 39.7 Å². The summed E-state index contributed by atoms with van der Waals surface area (Å²) < 4.78 is 96.1. The molecule has 0 unspecified atom stereocenters. The highest BCUT2D eigenvalue weighted by atomic mass is 32.2. The zero-order valence-electron chi connectivity index (χ0n) is 34.6. The highest BCUT2D eigenvalue weighted by molar-refractivity contribution is 7.91. The van der Waals surface area contributed by atoms with Crippen LogP contribution in [0, 0.1) is 0 Å². The summed E-state index contributed by atoms with van der Waals surface area (Å²) in [7, 11) is -11.4. The number of unbranched alkanes of at least 4 members (excludes halogenated alkanes) is 13. The highest BCUT2D eigenvalue weighted by Crippen LogP contribution is 2.29. The van der Waals surface area contributed by atoms with E-state index in [1.54, 1.807) is 41.9 Å². The number of carbonyl (C=O) groups is 1. The van der Waals surface area contributed by atoms with Gasteiger partial charge in [0.25, 0.3) is 20.1 Å². The Bertz CT molecular complexity index is 2680. The van der Waals surface area contributed by atoms with Crippen molar-refractivity contribution in [2.24, 2.45) is 12.1 Å². The number of fused-ring (bicyclic) bond motifs is 1. The average molecular weight is 894 g/mol. The predicted molar refractivity (Wildman–Crippen MR) is 235 cm³/mol. The van der Waals surface area contributed by atoms with Gasteiger partial charge in [-0.1, -0.05) is 121 Å². The van der Waals surface area contributed by atoms with E-state index in [4.69, 9.17) is 4.74 Å². The Morgan fingerprint density at radius 3 is 1.80 bits per heavy atom. The lowest BCUT2D eigenvalue weighted by Gasteiger charge is -2.15. The number of aryl methyl sites for hydroxylation is 1. The molecule has 13 nitrogen and oxygen atoms in total. The number of aromatic carboxylic acids is 1. The molecule has 0 fully saturated rings. The van der Waals surface area contributed by atoms with E-state index in [0.717, 1.165) is 31.4 Å². The molecule has 0 saturated carbocycles. The molecule has 0 saturated heterocycles. The second-order valence-electron chi connectivity index (χ2n) is 15.1. The van der Waals surface area contributed by atoms with E-state index in [2.05, 4.69) is 16.9 Å². The fourth-order valence-electron chi connectivity index (χ4n) is 7.12. The second kappa shape index (κ2) is 21.7. The number of ether oxygens (including phenoxy) is 1. The second-order valence-corrected chi connectivity index (χ2v) is 20.1. The van der Waals surface area contributed by atoms with Crippen LogP contribution in [0.2, 0.25) is 0 Å². The molecular weight excluding hydrogens is 839 g/mol. The molecule has 0 aliphatic carbocycles. The molecule has 1 heterocycles. The molecule has 0 bridgehead atoms. The van der Waals surface area contributed by atoms with Gasteiger partial charge in [-0.15, -0.1) is 0 Å². The van der Waals surface area contributed by atoms with Gasteiger partial charge >= 0.3 is 5.97 Å². The average Bonchev–Trinajstić information content (AvgIpc) is 3.24. The fourth-order valence-corrected chi connectivity index (χ4v) is 9.90. The highest BCUT2D eigenvalue weighted by Gasteiger charge is 2.23. The number of pyridine rings is 1. The largest absolute Gasteiger partial charge is 0.492 e. The minimum Gasteiger partial charge on any atom is -0.492 e. The fraction of sp³-hybridized carbons (Fsp3) is 0.378. The van der Waals surface area contributed by atoms with Crippen molar-refractivity contribution in [3.8, 4) is 17.0 Å². The van der Waals surface area contributed by atoms with E-state index < -0.39 is 45.7 Å². The van der Waals surface area contributed by atoms with Crippen LogP contribution in [0.25, 0.3) is 22.2 Å². The van der Waals surface area contributed by atoms with Gasteiger partial charge in [0.05, 0.1) is 43.4 Å². The Balaban J connectivity index is 1.35. The van der Waals surface area contributed by atoms with E-state index in [1.807, 2.05) is 0 Å². The molecule has 0 atom stereocenters. The van der Waals surface area contributed by atoms with Gasteiger partial charge in [-0.05, 0) is 78.7 Å². The number of hydrogen-bond acceptors (Lipinski definition) is 9. The first kappa shape index (κ1) is 47.0. The van der Waals surface area contributed by atoms with Gasteiger partial charge in [-0.3, -0.25) is 4.55 Å². The monoisotopic (exact) mass is 893 g/mol. The van der Waals surface area contributed by atoms with Gasteiger partial charge in [0.1, 0.15) is 10.6 Å². The van der Waals surface area contributed by atoms with Crippen molar-refractivity contribution in [1.82, 2.24) is 9.40 Å². The summed E-state index contributed by atoms with van der Waals surface area (Å²) in [5, 5.41) is 14.0. The standard InChI is InChI=1S/C45H55N3O10S3/c1-3-4-5-6-7-8-9-10-11-12-13-14-15-19-30-58-43-29-24-35(45(49)50)31-44(43)60(53,54)47-46-40-33-42(48(2)41-28-27-38(32-39(40)41)61(55,56)57)34-22-25-37(26-23-34)59(51,52)36-20-17-16-18-21-36/h16-18,20-29,31-33,47H,3-15,19,30H2,1-2H3,(H,49,50)(H,55,56,57)/b46-40-. The van der Waals surface area contributed by atoms with Crippen LogP contribution in [-0.2, 0) is 37.0 Å². The molecule has 5 aromatic rings. The third-order valence-electron chi connectivity index (χ3n) is 10.6. The maximum Gasteiger partial charge on any atom is 0.335 e. The summed E-state index contributed by atoms with van der Waals surface area (Å²) in [5.74, 6) is -1.41. The maximum absolute atomic E-state index is 13.9. The zero-order valence-corrected chi connectivity index (χ0v) is 37.1. The van der Waals surface area contributed by atoms with Gasteiger partial charge in [-0.25, -0.2) is 13.2 Å². The van der Waals surface area contributed by atoms with Gasteiger partial charge in [0.2, 0.25) is 9.84 Å². The summed E-state index contributed by atoms with van der Waals surface area (Å²) in [6.07, 6.45) is 16.5. The van der Waals surface area contributed by atoms with Crippen molar-refractivity contribution in [1.29, 1.82) is 0 Å². The topological polar surface area (TPSA) is 198 Å². The summed E-state index contributed by atoms with van der Waals surface area (Å²) >= 11 is 0. The minimum absolute atomic E-state index is 0.0484. The van der Waals surface area contributed by atoms with E-state index in [1.165, 1.54) is 119 Å². The van der Waals surface area contributed by atoms with Crippen molar-refractivity contribution >= 4 is 46.9 Å². The van der Waals surface area contributed by atoms with Crippen molar-refractivity contribution in [2.75, 3.05) is 6.61 Å². The molecule has 3 N–H and O–H groups in total. The van der Waals surface area contributed by atoms with Gasteiger partial charge in [-0.2, -0.15) is 26.8 Å². The summed E-state index contributed by atoms with van der Waals surface area (Å²) in [6, 6.07) is 22.8. The number of aromatic nitrogens is 1. The number of sulfone groups is 1. The quantitative estimate of drug-likeness (QED) is 0.0305. The molecule has 61 heavy (non-hydrogen) atoms. The molecule has 5 rings (SSSR count). The van der Waals surface area contributed by atoms with Crippen LogP contribution >= 0.6 is 0 Å². The normalized spacial score (nSPS) is 12.5. The number of benzene rings is 4. The smallest absolute Gasteiger partial charge is 0.335 e. The Morgan fingerprint density at radius 2 is 1.23 bits per heavy atom. The van der Waals surface area contributed by atoms with E-state index in [-0.39, 0.29) is 38.5 Å². The number of sulfonamides is 1. The molecule has 0 amide bonds. The Kier molecular flexibility index (Phi) is 16.7. The summed E-state index contributed by atoms with van der Waals surface area (Å²) in [4.78, 5) is 13.3. The molecule has 328 valence electrons. The number of hydrogen-bond donors (Lipinski definition) is 3. The molecule has 4 aromatic carbocycles. The van der Waals surface area contributed by atoms with Crippen LogP contribution in [0.3, 0.4) is 0 Å². The lowest BCUT2D eigenvalue weighted by atomic mass is 10.0. The van der Waals surface area contributed by atoms with Gasteiger partial charge in [0.15, 0.2) is 0 Å². The first-order chi connectivity index (χ1) is 29.1. The van der Waals surface area contributed by atoms with Crippen molar-refractivity contribution < 1.29 is 44.4 Å². The molecule has 0 radical (unpaired) electrons. The predicted octanol–water partition coefficient (Wildman–Crippen LogP) is 9.28. The number of rotatable bonds is 24. The van der Waals surface area contributed by atoms with Crippen LogP contribution in [-0.4, -0.2) is 52.1 Å². The van der Waals surface area contributed by atoms with E-state index in [0.29, 0.717) is 23.2 Å². The Labute approximate surface area is 359 Å². The zero-order chi connectivity index (χ0) is 44.0. The molecule has 16 heteroatoms. The van der Waals surface area contributed by atoms with Crippen LogP contribution in [0.15, 0.2) is 122 Å². The first-order valence-corrected chi connectivity index (χ1v) is 25.1. The summed E-state index contributed by atoms with van der Waals surface area (Å²) in [5.41, 5.74) is 1.05. The minimum atomic E-state index is -4.68. The first-order valence-electron chi connectivity index (χ1n) is 20.7. The SMILES string of the molecule is CCCCCCCCCCCCCCCCOc1ccc(C(=O)O)cc1S(=O)(=O)N/N=c1/cc(-c2ccc(S(=O)(=O)c3ccccc3)cc2)n(C)c2ccc(S(=O)(=O)O)cc12. The van der Waals surface area contributed by atoms with Crippen LogP contribution < -0.4 is 14.9 Å².